The van der Waals surface area contributed by atoms with Crippen molar-refractivity contribution in [2.45, 2.75) is 19.8 Å². The lowest BCUT2D eigenvalue weighted by atomic mass is 10.0. The molecule has 18 heavy (non-hydrogen) atoms. The van der Waals surface area contributed by atoms with Gasteiger partial charge < -0.3 is 14.6 Å². The molecule has 2 aliphatic rings. The number of phenols is 1. The monoisotopic (exact) mass is 246 g/mol. The van der Waals surface area contributed by atoms with E-state index in [9.17, 15) is 9.90 Å². The minimum atomic E-state index is -0.0787. The van der Waals surface area contributed by atoms with Gasteiger partial charge in [-0.25, -0.2) is 0 Å². The molecule has 1 saturated heterocycles. The standard InChI is InChI=1S/C14H14O4/c1-8-11(15)3-2-10-12(16)14(18-13(8)10)9-4-6-17-7-5-9/h2-3,15H,4-7H2,1H3. The molecule has 2 aliphatic heterocycles. The van der Waals surface area contributed by atoms with E-state index in [1.807, 2.05) is 0 Å². The highest BCUT2D eigenvalue weighted by molar-refractivity contribution is 6.13. The number of carbonyl (C=O) groups excluding carboxylic acids is 1. The number of Topliss-reactive ketones (excluding diaryl/α,β-unsaturated/α-hetero) is 1. The smallest absolute Gasteiger partial charge is 0.231 e. The van der Waals surface area contributed by atoms with Crippen molar-refractivity contribution in [2.75, 3.05) is 13.2 Å². The third-order valence-electron chi connectivity index (χ3n) is 3.45. The van der Waals surface area contributed by atoms with Crippen molar-refractivity contribution in [3.63, 3.8) is 0 Å². The lowest BCUT2D eigenvalue weighted by Gasteiger charge is -2.16. The second-order valence-electron chi connectivity index (χ2n) is 4.56. The Morgan fingerprint density at radius 3 is 2.67 bits per heavy atom. The summed E-state index contributed by atoms with van der Waals surface area (Å²) >= 11 is 0. The summed E-state index contributed by atoms with van der Waals surface area (Å²) in [7, 11) is 0. The molecule has 0 spiro atoms. The van der Waals surface area contributed by atoms with Crippen LogP contribution in [-0.4, -0.2) is 24.1 Å². The van der Waals surface area contributed by atoms with Crippen LogP contribution in [0.2, 0.25) is 0 Å². The highest BCUT2D eigenvalue weighted by Crippen LogP contribution is 2.40. The maximum absolute atomic E-state index is 12.3. The van der Waals surface area contributed by atoms with Gasteiger partial charge in [-0.15, -0.1) is 0 Å². The number of phenolic OH excluding ortho intramolecular Hbond substituents is 1. The minimum absolute atomic E-state index is 0.0787. The molecule has 0 saturated carbocycles. The third kappa shape index (κ3) is 1.61. The molecule has 0 aromatic heterocycles. The van der Waals surface area contributed by atoms with Gasteiger partial charge in [0, 0.05) is 5.56 Å². The molecular formula is C14H14O4. The van der Waals surface area contributed by atoms with E-state index in [0.29, 0.717) is 35.8 Å². The number of aromatic hydroxyl groups is 1. The highest BCUT2D eigenvalue weighted by Gasteiger charge is 2.32. The van der Waals surface area contributed by atoms with Crippen LogP contribution in [0.3, 0.4) is 0 Å². The minimum Gasteiger partial charge on any atom is -0.508 e. The summed E-state index contributed by atoms with van der Waals surface area (Å²) in [6, 6.07) is 3.15. The zero-order valence-corrected chi connectivity index (χ0v) is 10.2. The molecule has 0 unspecified atom stereocenters. The van der Waals surface area contributed by atoms with E-state index in [-0.39, 0.29) is 11.5 Å². The quantitative estimate of drug-likeness (QED) is 0.714. The number of hydrogen-bond acceptors (Lipinski definition) is 4. The van der Waals surface area contributed by atoms with Gasteiger partial charge >= 0.3 is 0 Å². The fourth-order valence-corrected chi connectivity index (χ4v) is 2.34. The van der Waals surface area contributed by atoms with E-state index in [1.54, 1.807) is 13.0 Å². The fourth-order valence-electron chi connectivity index (χ4n) is 2.34. The van der Waals surface area contributed by atoms with Crippen molar-refractivity contribution in [3.05, 3.63) is 34.6 Å². The average Bonchev–Trinajstić information content (AvgIpc) is 2.73. The van der Waals surface area contributed by atoms with Crippen molar-refractivity contribution in [1.29, 1.82) is 0 Å². The topological polar surface area (TPSA) is 55.8 Å². The van der Waals surface area contributed by atoms with Crippen LogP contribution in [0.4, 0.5) is 0 Å². The van der Waals surface area contributed by atoms with E-state index in [1.165, 1.54) is 6.07 Å². The van der Waals surface area contributed by atoms with Crippen LogP contribution in [0, 0.1) is 6.92 Å². The molecule has 94 valence electrons. The van der Waals surface area contributed by atoms with Crippen LogP contribution >= 0.6 is 0 Å². The van der Waals surface area contributed by atoms with Crippen LogP contribution in [0.15, 0.2) is 23.5 Å². The first-order valence-electron chi connectivity index (χ1n) is 6.03. The number of benzene rings is 1. The van der Waals surface area contributed by atoms with Gasteiger partial charge in [0.2, 0.25) is 5.78 Å². The number of ether oxygens (including phenoxy) is 2. The molecule has 4 heteroatoms. The molecule has 0 bridgehead atoms. The summed E-state index contributed by atoms with van der Waals surface area (Å²) in [4.78, 5) is 12.3. The molecular weight excluding hydrogens is 232 g/mol. The third-order valence-corrected chi connectivity index (χ3v) is 3.45. The zero-order chi connectivity index (χ0) is 12.7. The van der Waals surface area contributed by atoms with Gasteiger partial charge in [-0.05, 0) is 37.5 Å². The molecule has 2 heterocycles. The molecule has 0 atom stereocenters. The van der Waals surface area contributed by atoms with Crippen LogP contribution in [-0.2, 0) is 4.74 Å². The molecule has 1 aromatic rings. The number of fused-ring (bicyclic) bond motifs is 1. The first-order valence-corrected chi connectivity index (χ1v) is 6.03. The maximum atomic E-state index is 12.3. The maximum Gasteiger partial charge on any atom is 0.231 e. The molecule has 0 aliphatic carbocycles. The Morgan fingerprint density at radius 1 is 1.22 bits per heavy atom. The van der Waals surface area contributed by atoms with Gasteiger partial charge in [-0.1, -0.05) is 0 Å². The Labute approximate surface area is 105 Å². The lowest BCUT2D eigenvalue weighted by molar-refractivity contribution is 0.0988. The Hall–Kier alpha value is -1.81. The number of rotatable bonds is 0. The van der Waals surface area contributed by atoms with E-state index in [2.05, 4.69) is 0 Å². The van der Waals surface area contributed by atoms with Gasteiger partial charge in [0.25, 0.3) is 0 Å². The largest absolute Gasteiger partial charge is 0.508 e. The van der Waals surface area contributed by atoms with Crippen molar-refractivity contribution < 1.29 is 19.4 Å². The summed E-state index contributed by atoms with van der Waals surface area (Å²) in [6.45, 7) is 3.02. The van der Waals surface area contributed by atoms with Crippen LogP contribution < -0.4 is 4.74 Å². The molecule has 3 rings (SSSR count). The number of carbonyl (C=O) groups is 1. The molecule has 1 fully saturated rings. The van der Waals surface area contributed by atoms with Crippen LogP contribution in [0.25, 0.3) is 0 Å². The number of allylic oxidation sites excluding steroid dienone is 1. The Morgan fingerprint density at radius 2 is 1.94 bits per heavy atom. The predicted octanol–water partition coefficient (Wildman–Crippen LogP) is 2.34. The Balaban J connectivity index is 2.06. The van der Waals surface area contributed by atoms with Gasteiger partial charge in [-0.3, -0.25) is 4.79 Å². The summed E-state index contributed by atoms with van der Waals surface area (Å²) in [5, 5.41) is 9.64. The van der Waals surface area contributed by atoms with Gasteiger partial charge in [0.1, 0.15) is 11.5 Å². The van der Waals surface area contributed by atoms with Crippen LogP contribution in [0.5, 0.6) is 11.5 Å². The Bertz CT molecular complexity index is 549. The normalized spacial score (nSPS) is 18.8. The lowest BCUT2D eigenvalue weighted by Crippen LogP contribution is -2.13. The first-order chi connectivity index (χ1) is 8.68. The van der Waals surface area contributed by atoms with Gasteiger partial charge in [-0.2, -0.15) is 0 Å². The van der Waals surface area contributed by atoms with Gasteiger partial charge in [0.05, 0.1) is 18.8 Å². The summed E-state index contributed by atoms with van der Waals surface area (Å²) in [6.07, 6.45) is 1.47. The number of hydrogen-bond donors (Lipinski definition) is 1. The van der Waals surface area contributed by atoms with E-state index < -0.39 is 0 Å². The summed E-state index contributed by atoms with van der Waals surface area (Å²) < 4.78 is 11.0. The van der Waals surface area contributed by atoms with Crippen molar-refractivity contribution in [1.82, 2.24) is 0 Å². The van der Waals surface area contributed by atoms with E-state index >= 15 is 0 Å². The van der Waals surface area contributed by atoms with E-state index in [4.69, 9.17) is 9.47 Å². The van der Waals surface area contributed by atoms with Crippen LogP contribution in [0.1, 0.15) is 28.8 Å². The summed E-state index contributed by atoms with van der Waals surface area (Å²) in [5.41, 5.74) is 2.17. The van der Waals surface area contributed by atoms with Crippen molar-refractivity contribution in [2.24, 2.45) is 0 Å². The average molecular weight is 246 g/mol. The SMILES string of the molecule is Cc1c(O)ccc2c1OC(=C1CCOCC1)C2=O. The second kappa shape index (κ2) is 4.14. The van der Waals surface area contributed by atoms with Crippen molar-refractivity contribution >= 4 is 5.78 Å². The molecule has 1 N–H and O–H groups in total. The second-order valence-corrected chi connectivity index (χ2v) is 4.56. The molecule has 0 radical (unpaired) electrons. The summed E-state index contributed by atoms with van der Waals surface area (Å²) in [5.74, 6) is 1.00. The van der Waals surface area contributed by atoms with Crippen molar-refractivity contribution in [3.8, 4) is 11.5 Å². The first kappa shape index (κ1) is 11.3. The fraction of sp³-hybridized carbons (Fsp3) is 0.357. The molecule has 1 aromatic carbocycles. The highest BCUT2D eigenvalue weighted by atomic mass is 16.5. The predicted molar refractivity (Wildman–Crippen MR) is 64.9 cm³/mol. The number of ketones is 1. The zero-order valence-electron chi connectivity index (χ0n) is 10.2. The Kier molecular flexibility index (Phi) is 2.59. The molecule has 4 nitrogen and oxygen atoms in total. The van der Waals surface area contributed by atoms with E-state index in [0.717, 1.165) is 18.4 Å². The van der Waals surface area contributed by atoms with Gasteiger partial charge in [0.15, 0.2) is 5.76 Å². The molecule has 0 amide bonds.